The highest BCUT2D eigenvalue weighted by atomic mass is 16.6. The predicted octanol–water partition coefficient (Wildman–Crippen LogP) is -2.25. The molecule has 2 aromatic rings. The fourth-order valence-electron chi connectivity index (χ4n) is 2.62. The number of nitrogens with zero attached hydrogens (tertiary/aromatic N) is 3. The number of rotatable bonds is 4. The van der Waals surface area contributed by atoms with Crippen molar-refractivity contribution < 1.29 is 20.1 Å². The van der Waals surface area contributed by atoms with Crippen LogP contribution in [0.5, 0.6) is 0 Å². The first-order valence-corrected chi connectivity index (χ1v) is 7.12. The van der Waals surface area contributed by atoms with Crippen LogP contribution in [-0.2, 0) is 4.74 Å². The molecule has 0 bridgehead atoms. The molecule has 3 heterocycles. The van der Waals surface area contributed by atoms with Gasteiger partial charge in [-0.25, -0.2) is 4.98 Å². The zero-order valence-corrected chi connectivity index (χ0v) is 12.3. The summed E-state index contributed by atoms with van der Waals surface area (Å²) in [7, 11) is 0. The van der Waals surface area contributed by atoms with Gasteiger partial charge in [0.15, 0.2) is 17.4 Å². The summed E-state index contributed by atoms with van der Waals surface area (Å²) in [4.78, 5) is 22.5. The summed E-state index contributed by atoms with van der Waals surface area (Å²) in [5.41, 5.74) is 5.17. The summed E-state index contributed by atoms with van der Waals surface area (Å²) in [6.45, 7) is 1.85. The molecule has 2 aromatic heterocycles. The molecule has 11 nitrogen and oxygen atoms in total. The number of nitrogens with one attached hydrogen (secondary N) is 2. The van der Waals surface area contributed by atoms with Gasteiger partial charge in [-0.3, -0.25) is 14.3 Å². The largest absolute Gasteiger partial charge is 0.394 e. The van der Waals surface area contributed by atoms with E-state index in [0.717, 1.165) is 0 Å². The molecule has 1 aliphatic rings. The van der Waals surface area contributed by atoms with Gasteiger partial charge >= 0.3 is 0 Å². The molecule has 0 saturated carbocycles. The fraction of sp³-hybridized carbons (Fsp3) is 0.583. The minimum atomic E-state index is -1.33. The smallest absolute Gasteiger partial charge is 0.280 e. The summed E-state index contributed by atoms with van der Waals surface area (Å²) >= 11 is 0. The summed E-state index contributed by atoms with van der Waals surface area (Å²) in [5, 5.41) is 32.3. The van der Waals surface area contributed by atoms with Gasteiger partial charge in [0.05, 0.1) is 6.61 Å². The Bertz CT molecular complexity index is 773. The van der Waals surface area contributed by atoms with E-state index in [2.05, 4.69) is 20.3 Å². The number of aliphatic hydroxyl groups excluding tert-OH is 3. The van der Waals surface area contributed by atoms with Crippen LogP contribution >= 0.6 is 0 Å². The van der Waals surface area contributed by atoms with Gasteiger partial charge in [0, 0.05) is 6.54 Å². The van der Waals surface area contributed by atoms with Gasteiger partial charge in [0.1, 0.15) is 18.3 Å². The second-order valence-electron chi connectivity index (χ2n) is 5.19. The van der Waals surface area contributed by atoms with Crippen molar-refractivity contribution in [2.75, 3.05) is 24.2 Å². The van der Waals surface area contributed by atoms with Gasteiger partial charge < -0.3 is 31.1 Å². The topological polar surface area (TPSA) is 172 Å². The molecule has 7 N–H and O–H groups in total. The lowest BCUT2D eigenvalue weighted by Crippen LogP contribution is -2.33. The van der Waals surface area contributed by atoms with Crippen molar-refractivity contribution in [1.82, 2.24) is 19.5 Å². The minimum Gasteiger partial charge on any atom is -0.394 e. The van der Waals surface area contributed by atoms with Crippen molar-refractivity contribution in [2.24, 2.45) is 0 Å². The molecule has 1 aliphatic heterocycles. The number of nitrogen functional groups attached to an aromatic ring is 1. The number of H-pyrrole nitrogens is 1. The van der Waals surface area contributed by atoms with Crippen molar-refractivity contribution in [2.45, 2.75) is 31.5 Å². The van der Waals surface area contributed by atoms with Gasteiger partial charge in [-0.1, -0.05) is 0 Å². The molecular weight excluding hydrogens is 308 g/mol. The molecule has 4 atom stereocenters. The summed E-state index contributed by atoms with van der Waals surface area (Å²) < 4.78 is 6.85. The maximum absolute atomic E-state index is 12.0. The Morgan fingerprint density at radius 2 is 2.13 bits per heavy atom. The average Bonchev–Trinajstić information content (AvgIpc) is 2.99. The number of fused-ring (bicyclic) bond motifs is 1. The quantitative estimate of drug-likeness (QED) is 0.363. The monoisotopic (exact) mass is 326 g/mol. The van der Waals surface area contributed by atoms with E-state index < -0.39 is 36.7 Å². The molecule has 0 aromatic carbocycles. The normalized spacial score (nSPS) is 27.7. The van der Waals surface area contributed by atoms with Crippen molar-refractivity contribution >= 4 is 23.1 Å². The summed E-state index contributed by atoms with van der Waals surface area (Å²) in [6.07, 6.45) is -4.64. The number of aliphatic hydroxyl groups is 3. The number of aromatic nitrogens is 4. The molecule has 23 heavy (non-hydrogen) atoms. The highest BCUT2D eigenvalue weighted by molar-refractivity contribution is 5.74. The molecule has 126 valence electrons. The number of aromatic amines is 1. The van der Waals surface area contributed by atoms with Gasteiger partial charge in [0.25, 0.3) is 5.56 Å². The zero-order valence-electron chi connectivity index (χ0n) is 12.3. The molecule has 0 aliphatic carbocycles. The minimum absolute atomic E-state index is 0.0212. The molecule has 0 amide bonds. The van der Waals surface area contributed by atoms with Gasteiger partial charge in [-0.15, -0.1) is 0 Å². The highest BCUT2D eigenvalue weighted by Crippen LogP contribution is 2.33. The van der Waals surface area contributed by atoms with Crippen LogP contribution in [0.15, 0.2) is 4.79 Å². The van der Waals surface area contributed by atoms with Crippen LogP contribution in [0.1, 0.15) is 13.2 Å². The third-order valence-corrected chi connectivity index (χ3v) is 3.68. The maximum Gasteiger partial charge on any atom is 0.280 e. The molecule has 0 unspecified atom stereocenters. The first kappa shape index (κ1) is 15.7. The molecular formula is C12H18N6O5. The van der Waals surface area contributed by atoms with Crippen LogP contribution < -0.4 is 16.6 Å². The van der Waals surface area contributed by atoms with Crippen LogP contribution in [-0.4, -0.2) is 66.3 Å². The summed E-state index contributed by atoms with van der Waals surface area (Å²) in [6, 6.07) is 0. The molecule has 11 heteroatoms. The van der Waals surface area contributed by atoms with Gasteiger partial charge in [-0.2, -0.15) is 4.98 Å². The Labute approximate surface area is 129 Å². The number of hydrogen-bond acceptors (Lipinski definition) is 9. The third kappa shape index (κ3) is 2.43. The van der Waals surface area contributed by atoms with Crippen LogP contribution in [0, 0.1) is 0 Å². The van der Waals surface area contributed by atoms with Crippen molar-refractivity contribution in [3.05, 3.63) is 10.4 Å². The van der Waals surface area contributed by atoms with Crippen LogP contribution in [0.4, 0.5) is 11.9 Å². The van der Waals surface area contributed by atoms with Gasteiger partial charge in [0.2, 0.25) is 11.9 Å². The van der Waals surface area contributed by atoms with Crippen molar-refractivity contribution in [3.63, 3.8) is 0 Å². The Balaban J connectivity index is 2.19. The second kappa shape index (κ2) is 5.77. The first-order chi connectivity index (χ1) is 11.0. The van der Waals surface area contributed by atoms with Gasteiger partial charge in [-0.05, 0) is 6.92 Å². The van der Waals surface area contributed by atoms with Crippen LogP contribution in [0.25, 0.3) is 11.2 Å². The molecule has 3 rings (SSSR count). The molecule has 0 spiro atoms. The van der Waals surface area contributed by atoms with E-state index in [0.29, 0.717) is 6.54 Å². The lowest BCUT2D eigenvalue weighted by Gasteiger charge is -2.19. The van der Waals surface area contributed by atoms with Crippen LogP contribution in [0.2, 0.25) is 0 Å². The predicted molar refractivity (Wildman–Crippen MR) is 79.7 cm³/mol. The fourth-order valence-corrected chi connectivity index (χ4v) is 2.62. The Morgan fingerprint density at radius 1 is 1.39 bits per heavy atom. The number of anilines is 2. The van der Waals surface area contributed by atoms with E-state index in [9.17, 15) is 20.1 Å². The first-order valence-electron chi connectivity index (χ1n) is 7.12. The van der Waals surface area contributed by atoms with E-state index in [1.165, 1.54) is 4.57 Å². The third-order valence-electron chi connectivity index (χ3n) is 3.68. The average molecular weight is 326 g/mol. The number of hydrogen-bond donors (Lipinski definition) is 6. The summed E-state index contributed by atoms with van der Waals surface area (Å²) in [5.74, 6) is 0.124. The lowest BCUT2D eigenvalue weighted by molar-refractivity contribution is -0.0501. The SMILES string of the molecule is CCNc1nc2c(=O)[nH]c(N)nc2n1[C@H]1O[C@@H](CO)[C@@H](O)[C@@H]1O. The number of ether oxygens (including phenoxy) is 1. The van der Waals surface area contributed by atoms with Crippen molar-refractivity contribution in [1.29, 1.82) is 0 Å². The maximum atomic E-state index is 12.0. The zero-order chi connectivity index (χ0) is 16.7. The van der Waals surface area contributed by atoms with E-state index in [4.69, 9.17) is 10.5 Å². The number of imidazole rings is 1. The Hall–Kier alpha value is -2.21. The van der Waals surface area contributed by atoms with E-state index >= 15 is 0 Å². The number of nitrogens with two attached hydrogens (primary N) is 1. The highest BCUT2D eigenvalue weighted by Gasteiger charge is 2.45. The molecule has 0 radical (unpaired) electrons. The van der Waals surface area contributed by atoms with E-state index in [1.807, 2.05) is 6.92 Å². The Morgan fingerprint density at radius 3 is 2.74 bits per heavy atom. The molecule has 1 fully saturated rings. The van der Waals surface area contributed by atoms with Crippen LogP contribution in [0.3, 0.4) is 0 Å². The second-order valence-corrected chi connectivity index (χ2v) is 5.19. The standard InChI is InChI=1S/C12H18N6O5/c1-2-14-12-15-5-8(16-11(13)17-9(5)22)18(12)10-7(21)6(20)4(3-19)23-10/h4,6-7,10,19-21H,2-3H2,1H3,(H,14,15)(H3,13,16,17,22)/t4-,6+,7-,10-/m0/s1. The van der Waals surface area contributed by atoms with E-state index in [-0.39, 0.29) is 23.1 Å². The Kier molecular flexibility index (Phi) is 3.93. The van der Waals surface area contributed by atoms with E-state index in [1.54, 1.807) is 0 Å². The molecule has 1 saturated heterocycles. The lowest BCUT2D eigenvalue weighted by atomic mass is 10.1. The van der Waals surface area contributed by atoms with Crippen molar-refractivity contribution in [3.8, 4) is 0 Å².